The quantitative estimate of drug-likeness (QED) is 0.683. The van der Waals surface area contributed by atoms with E-state index in [1.165, 1.54) is 0 Å². The Bertz CT molecular complexity index is 531. The topological polar surface area (TPSA) is 95.9 Å². The Morgan fingerprint density at radius 2 is 2.19 bits per heavy atom. The van der Waals surface area contributed by atoms with Crippen molar-refractivity contribution >= 4 is 11.9 Å². The van der Waals surface area contributed by atoms with Gasteiger partial charge in [0.05, 0.1) is 11.8 Å². The molecule has 6 heteroatoms. The summed E-state index contributed by atoms with van der Waals surface area (Å²) in [6.07, 6.45) is -0.465. The molecule has 3 N–H and O–H groups in total. The Morgan fingerprint density at radius 1 is 1.43 bits per heavy atom. The molecule has 6 nitrogen and oxygen atoms in total. The largest absolute Gasteiger partial charge is 0.491 e. The van der Waals surface area contributed by atoms with E-state index >= 15 is 0 Å². The van der Waals surface area contributed by atoms with Crippen LogP contribution in [-0.4, -0.2) is 41.3 Å². The van der Waals surface area contributed by atoms with Gasteiger partial charge in [0.1, 0.15) is 18.5 Å². The van der Waals surface area contributed by atoms with E-state index in [-0.39, 0.29) is 19.1 Å². The van der Waals surface area contributed by atoms with Gasteiger partial charge in [-0.25, -0.2) is 0 Å². The predicted molar refractivity (Wildman–Crippen MR) is 74.9 cm³/mol. The highest BCUT2D eigenvalue weighted by molar-refractivity contribution is 5.89. The van der Waals surface area contributed by atoms with Crippen molar-refractivity contribution in [1.29, 1.82) is 0 Å². The van der Waals surface area contributed by atoms with Crippen LogP contribution < -0.4 is 10.1 Å². The van der Waals surface area contributed by atoms with Gasteiger partial charge in [-0.15, -0.1) is 0 Å². The van der Waals surface area contributed by atoms with Crippen molar-refractivity contribution in [2.45, 2.75) is 19.4 Å². The van der Waals surface area contributed by atoms with Crippen molar-refractivity contribution in [3.05, 3.63) is 29.8 Å². The van der Waals surface area contributed by atoms with E-state index in [4.69, 9.17) is 9.84 Å². The number of benzene rings is 1. The molecule has 3 atom stereocenters. The third kappa shape index (κ3) is 4.46. The number of aliphatic hydroxyl groups is 1. The molecule has 0 bridgehead atoms. The van der Waals surface area contributed by atoms with Gasteiger partial charge in [0.25, 0.3) is 0 Å². The fourth-order valence-corrected chi connectivity index (χ4v) is 2.06. The zero-order chi connectivity index (χ0) is 15.4. The van der Waals surface area contributed by atoms with Gasteiger partial charge in [-0.05, 0) is 31.0 Å². The molecule has 0 unspecified atom stereocenters. The number of aliphatic carboxylic acids is 1. The van der Waals surface area contributed by atoms with Gasteiger partial charge in [0.2, 0.25) is 5.91 Å². The molecule has 21 heavy (non-hydrogen) atoms. The molecule has 0 aromatic heterocycles. The van der Waals surface area contributed by atoms with Gasteiger partial charge in [-0.2, -0.15) is 0 Å². The molecular formula is C15H19NO5. The molecule has 1 aliphatic rings. The van der Waals surface area contributed by atoms with E-state index in [0.29, 0.717) is 12.2 Å². The zero-order valence-electron chi connectivity index (χ0n) is 11.8. The molecule has 1 aromatic carbocycles. The lowest BCUT2D eigenvalue weighted by atomic mass is 10.2. The third-order valence-electron chi connectivity index (χ3n) is 3.39. The van der Waals surface area contributed by atoms with Crippen LogP contribution in [-0.2, 0) is 9.59 Å². The first-order chi connectivity index (χ1) is 9.97. The minimum Gasteiger partial charge on any atom is -0.491 e. The number of hydrogen-bond acceptors (Lipinski definition) is 4. The highest BCUT2D eigenvalue weighted by atomic mass is 16.5. The van der Waals surface area contributed by atoms with Gasteiger partial charge in [-0.3, -0.25) is 9.59 Å². The minimum atomic E-state index is -0.946. The lowest BCUT2D eigenvalue weighted by Gasteiger charge is -2.13. The van der Waals surface area contributed by atoms with Gasteiger partial charge >= 0.3 is 5.97 Å². The summed E-state index contributed by atoms with van der Waals surface area (Å²) in [6, 6.07) is 7.45. The van der Waals surface area contributed by atoms with Crippen LogP contribution in [0.5, 0.6) is 5.75 Å². The smallest absolute Gasteiger partial charge is 0.307 e. The minimum absolute atomic E-state index is 0.0491. The summed E-state index contributed by atoms with van der Waals surface area (Å²) in [5.41, 5.74) is 1.06. The summed E-state index contributed by atoms with van der Waals surface area (Å²) in [5, 5.41) is 21.0. The van der Waals surface area contributed by atoms with Crippen LogP contribution in [0, 0.1) is 18.8 Å². The fraction of sp³-hybridized carbons (Fsp3) is 0.467. The zero-order valence-corrected chi connectivity index (χ0v) is 11.8. The molecule has 114 valence electrons. The maximum atomic E-state index is 11.6. The molecular weight excluding hydrogens is 274 g/mol. The van der Waals surface area contributed by atoms with Crippen LogP contribution in [0.25, 0.3) is 0 Å². The fourth-order valence-electron chi connectivity index (χ4n) is 2.06. The van der Waals surface area contributed by atoms with Crippen molar-refractivity contribution in [1.82, 2.24) is 5.32 Å². The number of ether oxygens (including phenoxy) is 1. The Balaban J connectivity index is 1.67. The lowest BCUT2D eigenvalue weighted by Crippen LogP contribution is -2.36. The Hall–Kier alpha value is -2.08. The monoisotopic (exact) mass is 293 g/mol. The molecule has 0 saturated heterocycles. The molecule has 0 radical (unpaired) electrons. The number of carboxylic acids is 1. The molecule has 0 heterocycles. The number of hydrogen-bond donors (Lipinski definition) is 3. The van der Waals surface area contributed by atoms with Crippen LogP contribution in [0.1, 0.15) is 12.0 Å². The average molecular weight is 293 g/mol. The molecule has 1 aliphatic carbocycles. The molecule has 0 aliphatic heterocycles. The van der Waals surface area contributed by atoms with Crippen LogP contribution >= 0.6 is 0 Å². The molecule has 2 rings (SSSR count). The summed E-state index contributed by atoms with van der Waals surface area (Å²) in [5.74, 6) is -1.65. The summed E-state index contributed by atoms with van der Waals surface area (Å²) in [7, 11) is 0. The van der Waals surface area contributed by atoms with E-state index in [9.17, 15) is 14.7 Å². The number of carbonyl (C=O) groups excluding carboxylic acids is 1. The maximum absolute atomic E-state index is 11.6. The number of rotatable bonds is 7. The Kier molecular flexibility index (Phi) is 4.80. The van der Waals surface area contributed by atoms with Gasteiger partial charge in [0.15, 0.2) is 0 Å². The van der Waals surface area contributed by atoms with Gasteiger partial charge in [0, 0.05) is 6.54 Å². The highest BCUT2D eigenvalue weighted by Crippen LogP contribution is 2.38. The Morgan fingerprint density at radius 3 is 2.81 bits per heavy atom. The summed E-state index contributed by atoms with van der Waals surface area (Å²) in [6.45, 7) is 2.06. The summed E-state index contributed by atoms with van der Waals surface area (Å²) >= 11 is 0. The highest BCUT2D eigenvalue weighted by Gasteiger charge is 2.48. The van der Waals surface area contributed by atoms with Gasteiger partial charge in [-0.1, -0.05) is 12.1 Å². The third-order valence-corrected chi connectivity index (χ3v) is 3.39. The number of carboxylic acid groups (broad SMARTS) is 1. The van der Waals surface area contributed by atoms with Crippen LogP contribution in [0.4, 0.5) is 0 Å². The second-order valence-electron chi connectivity index (χ2n) is 5.31. The first-order valence-electron chi connectivity index (χ1n) is 6.85. The lowest BCUT2D eigenvalue weighted by molar-refractivity contribution is -0.140. The summed E-state index contributed by atoms with van der Waals surface area (Å²) < 4.78 is 5.42. The summed E-state index contributed by atoms with van der Waals surface area (Å²) in [4.78, 5) is 22.3. The Labute approximate surface area is 122 Å². The molecule has 1 amide bonds. The van der Waals surface area contributed by atoms with Crippen LogP contribution in [0.3, 0.4) is 0 Å². The van der Waals surface area contributed by atoms with E-state index in [1.54, 1.807) is 6.07 Å². The first-order valence-corrected chi connectivity index (χ1v) is 6.85. The molecule has 1 saturated carbocycles. The normalized spacial score (nSPS) is 21.4. The number of amides is 1. The van der Waals surface area contributed by atoms with E-state index < -0.39 is 23.9 Å². The van der Waals surface area contributed by atoms with Crippen molar-refractivity contribution in [3.63, 3.8) is 0 Å². The van der Waals surface area contributed by atoms with E-state index in [1.807, 2.05) is 25.1 Å². The maximum Gasteiger partial charge on any atom is 0.307 e. The van der Waals surface area contributed by atoms with E-state index in [0.717, 1.165) is 5.56 Å². The number of aliphatic hydroxyl groups excluding tert-OH is 1. The molecule has 1 fully saturated rings. The number of carbonyl (C=O) groups is 2. The first kappa shape index (κ1) is 15.3. The van der Waals surface area contributed by atoms with Crippen LogP contribution in [0.2, 0.25) is 0 Å². The molecule has 1 aromatic rings. The van der Waals surface area contributed by atoms with E-state index in [2.05, 4.69) is 5.32 Å². The standard InChI is InChI=1S/C15H19NO5/c1-9-3-2-4-11(5-9)21-8-10(17)7-16-14(18)12-6-13(12)15(19)20/h2-5,10,12-13,17H,6-8H2,1H3,(H,16,18)(H,19,20)/t10-,12+,13-/m1/s1. The number of nitrogens with one attached hydrogen (secondary N) is 1. The molecule has 0 spiro atoms. The van der Waals surface area contributed by atoms with Crippen molar-refractivity contribution in [2.75, 3.05) is 13.2 Å². The second-order valence-corrected chi connectivity index (χ2v) is 5.31. The van der Waals surface area contributed by atoms with Crippen molar-refractivity contribution in [3.8, 4) is 5.75 Å². The predicted octanol–water partition coefficient (Wildman–Crippen LogP) is 0.572. The van der Waals surface area contributed by atoms with Crippen molar-refractivity contribution in [2.24, 2.45) is 11.8 Å². The van der Waals surface area contributed by atoms with Crippen molar-refractivity contribution < 1.29 is 24.5 Å². The average Bonchev–Trinajstić information content (AvgIpc) is 3.23. The van der Waals surface area contributed by atoms with Gasteiger partial charge < -0.3 is 20.3 Å². The number of aryl methyl sites for hydroxylation is 1. The van der Waals surface area contributed by atoms with Crippen LogP contribution in [0.15, 0.2) is 24.3 Å². The second kappa shape index (κ2) is 6.58. The SMILES string of the molecule is Cc1cccc(OC[C@H](O)CNC(=O)[C@H]2C[C@H]2C(=O)O)c1.